The Hall–Kier alpha value is -3.61. The fourth-order valence-corrected chi connectivity index (χ4v) is 4.51. The number of aryl methyl sites for hydroxylation is 1. The lowest BCUT2D eigenvalue weighted by Crippen LogP contribution is -2.29. The molecule has 184 valence electrons. The van der Waals surface area contributed by atoms with Gasteiger partial charge in [-0.3, -0.25) is 0 Å². The molecule has 1 aliphatic rings. The molecule has 1 aliphatic heterocycles. The molecule has 1 amide bonds. The van der Waals surface area contributed by atoms with Gasteiger partial charge in [0, 0.05) is 37.4 Å². The van der Waals surface area contributed by atoms with E-state index in [1.165, 1.54) is 0 Å². The van der Waals surface area contributed by atoms with Crippen molar-refractivity contribution in [3.05, 3.63) is 71.6 Å². The highest BCUT2D eigenvalue weighted by atomic mass is 16.6. The monoisotopic (exact) mass is 476 g/mol. The third-order valence-electron chi connectivity index (χ3n) is 6.34. The molecule has 0 aliphatic carbocycles. The fraction of sp³-hybridized carbons (Fsp3) is 0.393. The van der Waals surface area contributed by atoms with Crippen molar-refractivity contribution >= 4 is 12.4 Å². The van der Waals surface area contributed by atoms with Crippen molar-refractivity contribution in [1.82, 2.24) is 9.88 Å². The van der Waals surface area contributed by atoms with Gasteiger partial charge in [-0.2, -0.15) is 0 Å². The minimum Gasteiger partial charge on any atom is -0.493 e. The summed E-state index contributed by atoms with van der Waals surface area (Å²) in [4.78, 5) is 30.0. The van der Waals surface area contributed by atoms with Gasteiger partial charge in [0.1, 0.15) is 17.8 Å². The number of aldehydes is 1. The second-order valence-corrected chi connectivity index (χ2v) is 8.85. The third kappa shape index (κ3) is 6.10. The van der Waals surface area contributed by atoms with Crippen LogP contribution >= 0.6 is 0 Å². The summed E-state index contributed by atoms with van der Waals surface area (Å²) in [5.41, 5.74) is 2.89. The predicted molar refractivity (Wildman–Crippen MR) is 132 cm³/mol. The topological polar surface area (TPSA) is 81.9 Å². The van der Waals surface area contributed by atoms with Crippen LogP contribution in [-0.2, 0) is 16.0 Å². The first-order chi connectivity index (χ1) is 17.1. The summed E-state index contributed by atoms with van der Waals surface area (Å²) >= 11 is 0. The van der Waals surface area contributed by atoms with Crippen LogP contribution < -0.4 is 4.74 Å². The molecule has 4 rings (SSSR count). The van der Waals surface area contributed by atoms with E-state index in [9.17, 15) is 9.59 Å². The van der Waals surface area contributed by atoms with E-state index in [1.807, 2.05) is 68.4 Å². The lowest BCUT2D eigenvalue weighted by atomic mass is 9.87. The minimum atomic E-state index is -0.310. The van der Waals surface area contributed by atoms with E-state index in [-0.39, 0.29) is 17.9 Å². The first-order valence-electron chi connectivity index (χ1n) is 12.2. The van der Waals surface area contributed by atoms with Crippen LogP contribution in [0.1, 0.15) is 42.7 Å². The van der Waals surface area contributed by atoms with Crippen LogP contribution in [0.25, 0.3) is 11.5 Å². The molecule has 0 saturated carbocycles. The molecule has 1 aromatic heterocycles. The van der Waals surface area contributed by atoms with Crippen molar-refractivity contribution < 1.29 is 23.5 Å². The van der Waals surface area contributed by atoms with Gasteiger partial charge in [0.15, 0.2) is 0 Å². The van der Waals surface area contributed by atoms with E-state index in [1.54, 1.807) is 4.90 Å². The molecule has 2 heterocycles. The van der Waals surface area contributed by atoms with Gasteiger partial charge in [-0.05, 0) is 49.1 Å². The summed E-state index contributed by atoms with van der Waals surface area (Å²) in [6, 6.07) is 17.7. The first kappa shape index (κ1) is 24.5. The number of hydrogen-bond acceptors (Lipinski definition) is 6. The number of amides is 1. The Morgan fingerprint density at radius 3 is 2.74 bits per heavy atom. The molecule has 7 heteroatoms. The maximum atomic E-state index is 12.4. The summed E-state index contributed by atoms with van der Waals surface area (Å²) in [6.07, 6.45) is 2.43. The van der Waals surface area contributed by atoms with Crippen molar-refractivity contribution in [2.45, 2.75) is 39.0 Å². The third-order valence-corrected chi connectivity index (χ3v) is 6.34. The van der Waals surface area contributed by atoms with Gasteiger partial charge in [0.05, 0.1) is 18.9 Å². The van der Waals surface area contributed by atoms with Gasteiger partial charge in [-0.1, -0.05) is 37.3 Å². The maximum absolute atomic E-state index is 12.4. The van der Waals surface area contributed by atoms with Crippen molar-refractivity contribution in [3.63, 3.8) is 0 Å². The molecule has 3 aromatic rings. The standard InChI is InChI=1S/C28H32N2O5/c1-3-15-34-28(32)30-18-23(12-14-31)25(19-30)22-10-7-11-24(17-22)33-16-13-26-20(2)35-27(29-26)21-8-5-4-6-9-21/h4-11,14,17,23,25H,3,12-13,15-16,18-19H2,1-2H3/t23-,25-/m0/s1. The van der Waals surface area contributed by atoms with Crippen LogP contribution in [0.4, 0.5) is 4.79 Å². The average Bonchev–Trinajstić information content (AvgIpc) is 3.47. The van der Waals surface area contributed by atoms with E-state index >= 15 is 0 Å². The molecule has 2 atom stereocenters. The fourth-order valence-electron chi connectivity index (χ4n) is 4.51. The minimum absolute atomic E-state index is 0.0594. The molecule has 0 unspecified atom stereocenters. The largest absolute Gasteiger partial charge is 0.493 e. The zero-order valence-corrected chi connectivity index (χ0v) is 20.3. The molecule has 7 nitrogen and oxygen atoms in total. The van der Waals surface area contributed by atoms with Gasteiger partial charge in [0.25, 0.3) is 0 Å². The van der Waals surface area contributed by atoms with Crippen LogP contribution in [0.3, 0.4) is 0 Å². The average molecular weight is 477 g/mol. The quantitative estimate of drug-likeness (QED) is 0.363. The van der Waals surface area contributed by atoms with Crippen LogP contribution in [-0.4, -0.2) is 48.6 Å². The second-order valence-electron chi connectivity index (χ2n) is 8.85. The van der Waals surface area contributed by atoms with Gasteiger partial charge >= 0.3 is 6.09 Å². The number of carbonyl (C=O) groups is 2. The summed E-state index contributed by atoms with van der Waals surface area (Å²) < 4.78 is 17.2. The highest BCUT2D eigenvalue weighted by Crippen LogP contribution is 2.36. The zero-order valence-electron chi connectivity index (χ0n) is 20.3. The number of benzene rings is 2. The number of likely N-dealkylation sites (tertiary alicyclic amines) is 1. The van der Waals surface area contributed by atoms with E-state index in [0.29, 0.717) is 45.0 Å². The van der Waals surface area contributed by atoms with Gasteiger partial charge in [0.2, 0.25) is 5.89 Å². The molecule has 0 spiro atoms. The Morgan fingerprint density at radius 2 is 1.97 bits per heavy atom. The Labute approximate surface area is 206 Å². The van der Waals surface area contributed by atoms with Gasteiger partial charge < -0.3 is 23.6 Å². The Kier molecular flexibility index (Phi) is 8.19. The molecule has 35 heavy (non-hydrogen) atoms. The first-order valence-corrected chi connectivity index (χ1v) is 12.2. The normalized spacial score (nSPS) is 17.4. The number of hydrogen-bond donors (Lipinski definition) is 0. The molecule has 2 aromatic carbocycles. The van der Waals surface area contributed by atoms with Crippen molar-refractivity contribution in [1.29, 1.82) is 0 Å². The van der Waals surface area contributed by atoms with Crippen LogP contribution in [0.2, 0.25) is 0 Å². The molecule has 1 fully saturated rings. The lowest BCUT2D eigenvalue weighted by molar-refractivity contribution is -0.108. The molecule has 0 N–H and O–H groups in total. The van der Waals surface area contributed by atoms with Crippen LogP contribution in [0.5, 0.6) is 5.75 Å². The number of carbonyl (C=O) groups excluding carboxylic acids is 2. The van der Waals surface area contributed by atoms with E-state index in [0.717, 1.165) is 41.0 Å². The van der Waals surface area contributed by atoms with Gasteiger partial charge in [-0.25, -0.2) is 9.78 Å². The molecule has 0 bridgehead atoms. The molecule has 1 saturated heterocycles. The van der Waals surface area contributed by atoms with Gasteiger partial charge in [-0.15, -0.1) is 0 Å². The zero-order chi connectivity index (χ0) is 24.6. The maximum Gasteiger partial charge on any atom is 0.409 e. The number of ether oxygens (including phenoxy) is 2. The molecular weight excluding hydrogens is 444 g/mol. The number of oxazole rings is 1. The SMILES string of the molecule is CCCOC(=O)N1C[C@H](CC=O)[C@H](c2cccc(OCCc3nc(-c4ccccc4)oc3C)c2)C1. The highest BCUT2D eigenvalue weighted by molar-refractivity contribution is 5.68. The van der Waals surface area contributed by atoms with Crippen molar-refractivity contribution in [3.8, 4) is 17.2 Å². The predicted octanol–water partition coefficient (Wildman–Crippen LogP) is 5.42. The Balaban J connectivity index is 1.38. The van der Waals surface area contributed by atoms with Crippen molar-refractivity contribution in [2.24, 2.45) is 5.92 Å². The number of nitrogens with zero attached hydrogens (tertiary/aromatic N) is 2. The summed E-state index contributed by atoms with van der Waals surface area (Å²) in [5.74, 6) is 2.28. The molecule has 0 radical (unpaired) electrons. The second kappa shape index (κ2) is 11.7. The van der Waals surface area contributed by atoms with E-state index < -0.39 is 0 Å². The van der Waals surface area contributed by atoms with Crippen LogP contribution in [0.15, 0.2) is 59.0 Å². The number of aromatic nitrogens is 1. The summed E-state index contributed by atoms with van der Waals surface area (Å²) in [5, 5.41) is 0. The smallest absolute Gasteiger partial charge is 0.409 e. The van der Waals surface area contributed by atoms with E-state index in [4.69, 9.17) is 13.9 Å². The lowest BCUT2D eigenvalue weighted by Gasteiger charge is -2.17. The molecular formula is C28H32N2O5. The van der Waals surface area contributed by atoms with E-state index in [2.05, 4.69) is 4.98 Å². The summed E-state index contributed by atoms with van der Waals surface area (Å²) in [7, 11) is 0. The highest BCUT2D eigenvalue weighted by Gasteiger charge is 2.36. The summed E-state index contributed by atoms with van der Waals surface area (Å²) in [6.45, 7) is 5.80. The van der Waals surface area contributed by atoms with Crippen LogP contribution in [0, 0.1) is 12.8 Å². The Bertz CT molecular complexity index is 1130. The van der Waals surface area contributed by atoms with Crippen molar-refractivity contribution in [2.75, 3.05) is 26.3 Å². The Morgan fingerprint density at radius 1 is 1.14 bits per heavy atom. The number of rotatable bonds is 10.